The van der Waals surface area contributed by atoms with E-state index in [9.17, 15) is 4.79 Å². The summed E-state index contributed by atoms with van der Waals surface area (Å²) in [6, 6.07) is 11.0. The van der Waals surface area contributed by atoms with Gasteiger partial charge in [-0.15, -0.1) is 0 Å². The molecule has 2 heterocycles. The molecule has 132 valence electrons. The third kappa shape index (κ3) is 4.71. The minimum Gasteiger partial charge on any atom is -0.367 e. The lowest BCUT2D eigenvalue weighted by Crippen LogP contribution is -2.39. The van der Waals surface area contributed by atoms with E-state index in [1.807, 2.05) is 12.1 Å². The maximum atomic E-state index is 12.6. The van der Waals surface area contributed by atoms with Gasteiger partial charge in [-0.3, -0.25) is 4.79 Å². The van der Waals surface area contributed by atoms with Crippen LogP contribution >= 0.6 is 11.6 Å². The van der Waals surface area contributed by atoms with Gasteiger partial charge < -0.3 is 15.5 Å². The molecule has 0 spiro atoms. The number of hydrogen-bond donors (Lipinski definition) is 2. The van der Waals surface area contributed by atoms with Crippen molar-refractivity contribution < 1.29 is 4.79 Å². The predicted molar refractivity (Wildman–Crippen MR) is 102 cm³/mol. The zero-order valence-electron chi connectivity index (χ0n) is 14.3. The fourth-order valence-electron chi connectivity index (χ4n) is 3.06. The Morgan fingerprint density at radius 2 is 2.08 bits per heavy atom. The molecule has 0 radical (unpaired) electrons. The van der Waals surface area contributed by atoms with E-state index in [1.165, 1.54) is 0 Å². The lowest BCUT2D eigenvalue weighted by Gasteiger charge is -2.32. The van der Waals surface area contributed by atoms with Crippen molar-refractivity contribution >= 4 is 29.0 Å². The van der Waals surface area contributed by atoms with Gasteiger partial charge in [0.1, 0.15) is 5.82 Å². The predicted octanol–water partition coefficient (Wildman–Crippen LogP) is 3.88. The van der Waals surface area contributed by atoms with E-state index < -0.39 is 0 Å². The Morgan fingerprint density at radius 3 is 2.80 bits per heavy atom. The molecule has 1 aromatic carbocycles. The Kier molecular flexibility index (Phi) is 5.89. The van der Waals surface area contributed by atoms with Gasteiger partial charge >= 0.3 is 0 Å². The number of halogens is 1. The second-order valence-electron chi connectivity index (χ2n) is 6.22. The average molecular weight is 359 g/mol. The molecule has 1 aliphatic heterocycles. The molecule has 25 heavy (non-hydrogen) atoms. The molecule has 2 N–H and O–H groups in total. The van der Waals surface area contributed by atoms with Crippen LogP contribution in [0.3, 0.4) is 0 Å². The highest BCUT2D eigenvalue weighted by Gasteiger charge is 2.20. The highest BCUT2D eigenvalue weighted by Crippen LogP contribution is 2.20. The summed E-state index contributed by atoms with van der Waals surface area (Å²) in [5.74, 6) is 0.445. The average Bonchev–Trinajstić information content (AvgIpc) is 2.63. The Bertz CT molecular complexity index is 729. The molecule has 3 rings (SSSR count). The van der Waals surface area contributed by atoms with Crippen LogP contribution in [0, 0.1) is 0 Å². The highest BCUT2D eigenvalue weighted by molar-refractivity contribution is 6.31. The number of nitrogens with zero attached hydrogens (tertiary/aromatic N) is 2. The van der Waals surface area contributed by atoms with Crippen LogP contribution in [0.25, 0.3) is 0 Å². The van der Waals surface area contributed by atoms with Gasteiger partial charge in [-0.05, 0) is 49.7 Å². The summed E-state index contributed by atoms with van der Waals surface area (Å²) < 4.78 is 0. The first kappa shape index (κ1) is 17.7. The van der Waals surface area contributed by atoms with Crippen molar-refractivity contribution in [3.63, 3.8) is 0 Å². The van der Waals surface area contributed by atoms with E-state index in [1.54, 1.807) is 30.5 Å². The van der Waals surface area contributed by atoms with Crippen LogP contribution in [0.5, 0.6) is 0 Å². The third-order valence-corrected chi connectivity index (χ3v) is 4.75. The maximum absolute atomic E-state index is 12.6. The van der Waals surface area contributed by atoms with Crippen molar-refractivity contribution in [2.75, 3.05) is 30.3 Å². The zero-order valence-corrected chi connectivity index (χ0v) is 15.1. The standard InChI is InChI=1S/C19H23ClN4O/c1-2-24-11-8-15(9-12-24)22-18-17(7-4-10-21-18)19(25)23-16-6-3-5-14(20)13-16/h3-7,10,13,15H,2,8-9,11-12H2,1H3,(H,21,22)(H,23,25). The lowest BCUT2D eigenvalue weighted by molar-refractivity contribution is 0.102. The summed E-state index contributed by atoms with van der Waals surface area (Å²) in [4.78, 5) is 19.5. The number of likely N-dealkylation sites (tertiary alicyclic amines) is 1. The van der Waals surface area contributed by atoms with E-state index in [4.69, 9.17) is 11.6 Å². The van der Waals surface area contributed by atoms with Gasteiger partial charge in [0.15, 0.2) is 0 Å². The first-order valence-corrected chi connectivity index (χ1v) is 9.04. The van der Waals surface area contributed by atoms with Crippen molar-refractivity contribution in [3.05, 3.63) is 53.2 Å². The second kappa shape index (κ2) is 8.32. The molecule has 1 saturated heterocycles. The van der Waals surface area contributed by atoms with Crippen LogP contribution < -0.4 is 10.6 Å². The van der Waals surface area contributed by atoms with Crippen molar-refractivity contribution in [1.29, 1.82) is 0 Å². The summed E-state index contributed by atoms with van der Waals surface area (Å²) in [6.45, 7) is 5.42. The van der Waals surface area contributed by atoms with Crippen LogP contribution in [0.2, 0.25) is 5.02 Å². The van der Waals surface area contributed by atoms with E-state index in [2.05, 4.69) is 27.4 Å². The minimum atomic E-state index is -0.191. The van der Waals surface area contributed by atoms with Gasteiger partial charge in [0.2, 0.25) is 0 Å². The van der Waals surface area contributed by atoms with Crippen LogP contribution in [-0.2, 0) is 0 Å². The quantitative estimate of drug-likeness (QED) is 0.851. The Balaban J connectivity index is 1.69. The van der Waals surface area contributed by atoms with Crippen LogP contribution in [0.1, 0.15) is 30.1 Å². The van der Waals surface area contributed by atoms with Gasteiger partial charge in [0, 0.05) is 36.0 Å². The van der Waals surface area contributed by atoms with Gasteiger partial charge in [-0.25, -0.2) is 4.98 Å². The number of benzene rings is 1. The van der Waals surface area contributed by atoms with Crippen molar-refractivity contribution in [2.24, 2.45) is 0 Å². The summed E-state index contributed by atoms with van der Waals surface area (Å²) in [5, 5.41) is 6.92. The van der Waals surface area contributed by atoms with E-state index >= 15 is 0 Å². The molecule has 5 nitrogen and oxygen atoms in total. The number of carbonyl (C=O) groups excluding carboxylic acids is 1. The van der Waals surface area contributed by atoms with E-state index in [-0.39, 0.29) is 5.91 Å². The normalized spacial score (nSPS) is 15.8. The van der Waals surface area contributed by atoms with Gasteiger partial charge in [-0.1, -0.05) is 24.6 Å². The molecular formula is C19H23ClN4O. The molecule has 0 atom stereocenters. The van der Waals surface area contributed by atoms with Crippen molar-refractivity contribution in [2.45, 2.75) is 25.8 Å². The topological polar surface area (TPSA) is 57.3 Å². The number of carbonyl (C=O) groups is 1. The first-order chi connectivity index (χ1) is 12.2. The summed E-state index contributed by atoms with van der Waals surface area (Å²) in [7, 11) is 0. The molecule has 0 aliphatic carbocycles. The molecule has 0 saturated carbocycles. The summed E-state index contributed by atoms with van der Waals surface area (Å²) >= 11 is 5.98. The number of amides is 1. The molecule has 0 unspecified atom stereocenters. The number of hydrogen-bond acceptors (Lipinski definition) is 4. The van der Waals surface area contributed by atoms with Gasteiger partial charge in [0.05, 0.1) is 5.56 Å². The summed E-state index contributed by atoms with van der Waals surface area (Å²) in [5.41, 5.74) is 1.21. The van der Waals surface area contributed by atoms with Crippen molar-refractivity contribution in [1.82, 2.24) is 9.88 Å². The third-order valence-electron chi connectivity index (χ3n) is 4.51. The number of pyridine rings is 1. The van der Waals surface area contributed by atoms with Crippen molar-refractivity contribution in [3.8, 4) is 0 Å². The van der Waals surface area contributed by atoms with E-state index in [0.29, 0.717) is 28.1 Å². The molecule has 1 aromatic heterocycles. The number of anilines is 2. The maximum Gasteiger partial charge on any atom is 0.259 e. The minimum absolute atomic E-state index is 0.191. The SMILES string of the molecule is CCN1CCC(Nc2ncccc2C(=O)Nc2cccc(Cl)c2)CC1. The lowest BCUT2D eigenvalue weighted by atomic mass is 10.0. The molecule has 1 fully saturated rings. The Labute approximate surface area is 153 Å². The van der Waals surface area contributed by atoms with Crippen LogP contribution in [0.4, 0.5) is 11.5 Å². The van der Waals surface area contributed by atoms with Gasteiger partial charge in [-0.2, -0.15) is 0 Å². The van der Waals surface area contributed by atoms with Crippen LogP contribution in [0.15, 0.2) is 42.6 Å². The molecule has 2 aromatic rings. The monoisotopic (exact) mass is 358 g/mol. The molecule has 1 aliphatic rings. The number of nitrogens with one attached hydrogen (secondary N) is 2. The van der Waals surface area contributed by atoms with Crippen LogP contribution in [-0.4, -0.2) is 41.5 Å². The smallest absolute Gasteiger partial charge is 0.259 e. The molecule has 6 heteroatoms. The summed E-state index contributed by atoms with van der Waals surface area (Å²) in [6.07, 6.45) is 3.82. The first-order valence-electron chi connectivity index (χ1n) is 8.66. The van der Waals surface area contributed by atoms with Gasteiger partial charge in [0.25, 0.3) is 5.91 Å². The molecule has 1 amide bonds. The Morgan fingerprint density at radius 1 is 1.28 bits per heavy atom. The second-order valence-corrected chi connectivity index (χ2v) is 6.65. The largest absolute Gasteiger partial charge is 0.367 e. The fraction of sp³-hybridized carbons (Fsp3) is 0.368. The zero-order chi connectivity index (χ0) is 17.6. The number of aromatic nitrogens is 1. The fourth-order valence-corrected chi connectivity index (χ4v) is 3.25. The molecule has 0 bridgehead atoms. The Hall–Kier alpha value is -2.11. The number of rotatable bonds is 5. The highest BCUT2D eigenvalue weighted by atomic mass is 35.5. The number of piperidine rings is 1. The van der Waals surface area contributed by atoms with E-state index in [0.717, 1.165) is 32.5 Å². The molecular weight excluding hydrogens is 336 g/mol.